The van der Waals surface area contributed by atoms with Gasteiger partial charge >= 0.3 is 6.61 Å². The van der Waals surface area contributed by atoms with Crippen molar-refractivity contribution in [1.82, 2.24) is 20.1 Å². The molecule has 9 heteroatoms. The second-order valence-electron chi connectivity index (χ2n) is 6.03. The molecule has 7 nitrogen and oxygen atoms in total. The van der Waals surface area contributed by atoms with Crippen LogP contribution in [0.15, 0.2) is 24.3 Å². The fraction of sp³-hybridized carbons (Fsp3) is 0.471. The van der Waals surface area contributed by atoms with Gasteiger partial charge in [0, 0.05) is 25.1 Å². The lowest BCUT2D eigenvalue weighted by Gasteiger charge is -2.23. The van der Waals surface area contributed by atoms with Crippen molar-refractivity contribution in [2.75, 3.05) is 7.11 Å². The van der Waals surface area contributed by atoms with Crippen LogP contribution in [-0.2, 0) is 35.5 Å². The summed E-state index contributed by atoms with van der Waals surface area (Å²) in [7, 11) is 1.58. The first-order valence-electron chi connectivity index (χ1n) is 8.28. The number of hydrogen-bond donors (Lipinski definition) is 1. The third-order valence-corrected chi connectivity index (χ3v) is 4.08. The van der Waals surface area contributed by atoms with Gasteiger partial charge in [0.2, 0.25) is 5.91 Å². The number of carbonyl (C=O) groups is 1. The normalized spacial score (nSPS) is 16.4. The molecule has 1 aromatic carbocycles. The molecule has 1 aliphatic rings. The van der Waals surface area contributed by atoms with E-state index >= 15 is 0 Å². The van der Waals surface area contributed by atoms with Gasteiger partial charge in [-0.25, -0.2) is 9.67 Å². The maximum Gasteiger partial charge on any atom is 0.387 e. The number of fused-ring (bicyclic) bond motifs is 1. The number of para-hydroxylation sites is 1. The summed E-state index contributed by atoms with van der Waals surface area (Å²) in [5.74, 6) is 1.26. The van der Waals surface area contributed by atoms with E-state index in [4.69, 9.17) is 4.74 Å². The first-order valence-corrected chi connectivity index (χ1v) is 8.28. The first kappa shape index (κ1) is 18.2. The number of amides is 1. The molecule has 0 aliphatic carbocycles. The summed E-state index contributed by atoms with van der Waals surface area (Å²) < 4.78 is 36.2. The van der Waals surface area contributed by atoms with E-state index in [1.165, 1.54) is 6.07 Å². The molecule has 1 atom stereocenters. The summed E-state index contributed by atoms with van der Waals surface area (Å²) in [6.07, 6.45) is 1.41. The van der Waals surface area contributed by atoms with Crippen molar-refractivity contribution >= 4 is 5.91 Å². The van der Waals surface area contributed by atoms with Gasteiger partial charge in [0.15, 0.2) is 5.82 Å². The molecule has 2 aromatic rings. The van der Waals surface area contributed by atoms with Gasteiger partial charge in [-0.1, -0.05) is 18.2 Å². The minimum atomic E-state index is -2.93. The highest BCUT2D eigenvalue weighted by molar-refractivity contribution is 5.79. The van der Waals surface area contributed by atoms with Gasteiger partial charge in [-0.15, -0.1) is 0 Å². The molecule has 0 fully saturated rings. The quantitative estimate of drug-likeness (QED) is 0.807. The van der Waals surface area contributed by atoms with Crippen molar-refractivity contribution in [3.63, 3.8) is 0 Å². The molecular weight excluding hydrogens is 346 g/mol. The molecule has 1 unspecified atom stereocenters. The monoisotopic (exact) mass is 366 g/mol. The fourth-order valence-electron chi connectivity index (χ4n) is 2.98. The summed E-state index contributed by atoms with van der Waals surface area (Å²) in [5, 5.41) is 7.28. The van der Waals surface area contributed by atoms with Gasteiger partial charge in [0.1, 0.15) is 18.2 Å². The number of alkyl halides is 2. The highest BCUT2D eigenvalue weighted by Gasteiger charge is 2.23. The Balaban J connectivity index is 1.59. The molecule has 3 rings (SSSR count). The van der Waals surface area contributed by atoms with Crippen LogP contribution in [0.3, 0.4) is 0 Å². The Morgan fingerprint density at radius 1 is 1.42 bits per heavy atom. The summed E-state index contributed by atoms with van der Waals surface area (Å²) in [6.45, 7) is -2.06. The molecule has 1 aliphatic heterocycles. The van der Waals surface area contributed by atoms with Crippen molar-refractivity contribution in [3.05, 3.63) is 41.5 Å². The Morgan fingerprint density at radius 2 is 2.23 bits per heavy atom. The van der Waals surface area contributed by atoms with E-state index < -0.39 is 6.61 Å². The number of hydrogen-bond acceptors (Lipinski definition) is 5. The Bertz CT molecular complexity index is 766. The van der Waals surface area contributed by atoms with Crippen molar-refractivity contribution in [2.45, 2.75) is 45.1 Å². The molecule has 0 saturated heterocycles. The van der Waals surface area contributed by atoms with Crippen LogP contribution in [-0.4, -0.2) is 40.4 Å². The number of nitrogens with zero attached hydrogens (tertiary/aromatic N) is 3. The predicted octanol–water partition coefficient (Wildman–Crippen LogP) is 1.70. The minimum Gasteiger partial charge on any atom is -0.435 e. The van der Waals surface area contributed by atoms with Crippen molar-refractivity contribution < 1.29 is 23.0 Å². The summed E-state index contributed by atoms with van der Waals surface area (Å²) in [6, 6.07) is 6.21. The summed E-state index contributed by atoms with van der Waals surface area (Å²) in [4.78, 5) is 16.7. The van der Waals surface area contributed by atoms with E-state index in [1.807, 2.05) is 0 Å². The Morgan fingerprint density at radius 3 is 3.00 bits per heavy atom. The Kier molecular flexibility index (Phi) is 5.77. The highest BCUT2D eigenvalue weighted by Crippen LogP contribution is 2.21. The second kappa shape index (κ2) is 8.22. The van der Waals surface area contributed by atoms with Gasteiger partial charge in [-0.05, 0) is 12.5 Å². The maximum atomic E-state index is 12.5. The highest BCUT2D eigenvalue weighted by atomic mass is 19.3. The largest absolute Gasteiger partial charge is 0.435 e. The lowest BCUT2D eigenvalue weighted by molar-refractivity contribution is -0.121. The SMILES string of the molecule is COCc1nc2n(n1)CC(NC(=O)Cc1ccccc1OC(F)F)CC2. The number of halogens is 2. The number of ether oxygens (including phenoxy) is 2. The molecule has 140 valence electrons. The number of benzene rings is 1. The molecular formula is C17H20F2N4O3. The lowest BCUT2D eigenvalue weighted by atomic mass is 10.1. The van der Waals surface area contributed by atoms with Gasteiger partial charge in [0.25, 0.3) is 0 Å². The van der Waals surface area contributed by atoms with E-state index in [-0.39, 0.29) is 24.1 Å². The van der Waals surface area contributed by atoms with E-state index in [9.17, 15) is 13.6 Å². The van der Waals surface area contributed by atoms with Crippen LogP contribution in [0.5, 0.6) is 5.75 Å². The Hall–Kier alpha value is -2.55. The van der Waals surface area contributed by atoms with E-state index in [2.05, 4.69) is 20.1 Å². The zero-order valence-corrected chi connectivity index (χ0v) is 14.3. The zero-order chi connectivity index (χ0) is 18.5. The van der Waals surface area contributed by atoms with Gasteiger partial charge in [0.05, 0.1) is 13.0 Å². The van der Waals surface area contributed by atoms with Crippen LogP contribution in [0.4, 0.5) is 8.78 Å². The van der Waals surface area contributed by atoms with Gasteiger partial charge < -0.3 is 14.8 Å². The van der Waals surface area contributed by atoms with Crippen LogP contribution in [0.2, 0.25) is 0 Å². The minimum absolute atomic E-state index is 0.0177. The molecule has 26 heavy (non-hydrogen) atoms. The van der Waals surface area contributed by atoms with Crippen LogP contribution in [0, 0.1) is 0 Å². The second-order valence-corrected chi connectivity index (χ2v) is 6.03. The zero-order valence-electron chi connectivity index (χ0n) is 14.3. The van der Waals surface area contributed by atoms with Gasteiger partial charge in [-0.3, -0.25) is 4.79 Å². The van der Waals surface area contributed by atoms with E-state index in [0.29, 0.717) is 31.0 Å². The van der Waals surface area contributed by atoms with Crippen LogP contribution >= 0.6 is 0 Å². The standard InChI is InChI=1S/C17H20F2N4O3/c1-25-10-14-21-15-7-6-12(9-23(15)22-14)20-16(24)8-11-4-2-3-5-13(11)26-17(18)19/h2-5,12,17H,6-10H2,1H3,(H,20,24). The number of aromatic nitrogens is 3. The number of rotatable bonds is 7. The summed E-state index contributed by atoms with van der Waals surface area (Å²) in [5.41, 5.74) is 0.421. The van der Waals surface area contributed by atoms with Crippen molar-refractivity contribution in [1.29, 1.82) is 0 Å². The Labute approximate surface area is 149 Å². The lowest BCUT2D eigenvalue weighted by Crippen LogP contribution is -2.42. The average molecular weight is 366 g/mol. The number of nitrogens with one attached hydrogen (secondary N) is 1. The molecule has 1 aromatic heterocycles. The molecule has 0 radical (unpaired) electrons. The van der Waals surface area contributed by atoms with Crippen LogP contribution in [0.1, 0.15) is 23.6 Å². The topological polar surface area (TPSA) is 78.3 Å². The third-order valence-electron chi connectivity index (χ3n) is 4.08. The molecule has 1 N–H and O–H groups in total. The van der Waals surface area contributed by atoms with Crippen molar-refractivity contribution in [3.8, 4) is 5.75 Å². The molecule has 0 spiro atoms. The molecule has 1 amide bonds. The maximum absolute atomic E-state index is 12.5. The molecule has 2 heterocycles. The first-order chi connectivity index (χ1) is 12.5. The molecule has 0 saturated carbocycles. The third kappa shape index (κ3) is 4.54. The summed E-state index contributed by atoms with van der Waals surface area (Å²) >= 11 is 0. The molecule has 0 bridgehead atoms. The van der Waals surface area contributed by atoms with Crippen molar-refractivity contribution in [2.24, 2.45) is 0 Å². The van der Waals surface area contributed by atoms with Crippen LogP contribution in [0.25, 0.3) is 0 Å². The van der Waals surface area contributed by atoms with Gasteiger partial charge in [-0.2, -0.15) is 13.9 Å². The van der Waals surface area contributed by atoms with E-state index in [1.54, 1.807) is 30.0 Å². The van der Waals surface area contributed by atoms with Crippen LogP contribution < -0.4 is 10.1 Å². The smallest absolute Gasteiger partial charge is 0.387 e. The predicted molar refractivity (Wildman–Crippen MR) is 87.8 cm³/mol. The number of carbonyl (C=O) groups excluding carboxylic acids is 1. The fourth-order valence-corrected chi connectivity index (χ4v) is 2.98. The number of methoxy groups -OCH3 is 1. The number of aryl methyl sites for hydroxylation is 1. The van der Waals surface area contributed by atoms with E-state index in [0.717, 1.165) is 12.2 Å². The average Bonchev–Trinajstić information content (AvgIpc) is 2.98.